The van der Waals surface area contributed by atoms with Crippen molar-refractivity contribution in [3.63, 3.8) is 0 Å². The summed E-state index contributed by atoms with van der Waals surface area (Å²) >= 11 is 0. The lowest BCUT2D eigenvalue weighted by Crippen LogP contribution is -2.32. The molecule has 92 valence electrons. The fourth-order valence-corrected chi connectivity index (χ4v) is 1.79. The molecule has 1 unspecified atom stereocenters. The van der Waals surface area contributed by atoms with Crippen molar-refractivity contribution in [2.24, 2.45) is 5.92 Å². The second-order valence-electron chi connectivity index (χ2n) is 4.21. The van der Waals surface area contributed by atoms with Gasteiger partial charge in [-0.3, -0.25) is 0 Å². The Hall–Kier alpha value is -1.71. The number of anilines is 1. The SMILES string of the molecule is COC(=O)C(Nc1ccc(OC)cc1)C1CC1. The Morgan fingerprint density at radius 3 is 2.41 bits per heavy atom. The molecular formula is C13H17NO3. The lowest BCUT2D eigenvalue weighted by atomic mass is 10.1. The Kier molecular flexibility index (Phi) is 3.52. The summed E-state index contributed by atoms with van der Waals surface area (Å²) in [5.74, 6) is 1.02. The van der Waals surface area contributed by atoms with E-state index in [1.165, 1.54) is 7.11 Å². The van der Waals surface area contributed by atoms with Gasteiger partial charge in [0.15, 0.2) is 0 Å². The maximum atomic E-state index is 11.6. The van der Waals surface area contributed by atoms with Crippen LogP contribution < -0.4 is 10.1 Å². The Labute approximate surface area is 101 Å². The number of nitrogens with one attached hydrogen (secondary N) is 1. The predicted octanol–water partition coefficient (Wildman–Crippen LogP) is 2.06. The minimum Gasteiger partial charge on any atom is -0.497 e. The minimum absolute atomic E-state index is 0.191. The molecule has 1 aromatic rings. The van der Waals surface area contributed by atoms with Gasteiger partial charge in [0.2, 0.25) is 0 Å². The quantitative estimate of drug-likeness (QED) is 0.793. The molecule has 0 aliphatic heterocycles. The molecule has 0 aromatic heterocycles. The zero-order valence-corrected chi connectivity index (χ0v) is 10.1. The number of esters is 1. The van der Waals surface area contributed by atoms with E-state index >= 15 is 0 Å². The molecular weight excluding hydrogens is 218 g/mol. The van der Waals surface area contributed by atoms with Gasteiger partial charge in [-0.05, 0) is 43.0 Å². The monoisotopic (exact) mass is 235 g/mol. The van der Waals surface area contributed by atoms with E-state index in [2.05, 4.69) is 5.32 Å². The number of methoxy groups -OCH3 is 2. The smallest absolute Gasteiger partial charge is 0.328 e. The molecule has 2 rings (SSSR count). The first-order valence-corrected chi connectivity index (χ1v) is 5.73. The summed E-state index contributed by atoms with van der Waals surface area (Å²) in [5, 5.41) is 3.21. The number of ether oxygens (including phenoxy) is 2. The van der Waals surface area contributed by atoms with Crippen molar-refractivity contribution in [1.82, 2.24) is 0 Å². The molecule has 4 nitrogen and oxygen atoms in total. The van der Waals surface area contributed by atoms with Gasteiger partial charge in [0.05, 0.1) is 14.2 Å². The van der Waals surface area contributed by atoms with E-state index in [0.29, 0.717) is 5.92 Å². The highest BCUT2D eigenvalue weighted by Gasteiger charge is 2.36. The van der Waals surface area contributed by atoms with Crippen LogP contribution in [-0.2, 0) is 9.53 Å². The molecule has 0 radical (unpaired) electrons. The van der Waals surface area contributed by atoms with E-state index < -0.39 is 0 Å². The number of hydrogen-bond acceptors (Lipinski definition) is 4. The van der Waals surface area contributed by atoms with Crippen LogP contribution in [0.15, 0.2) is 24.3 Å². The number of carbonyl (C=O) groups excluding carboxylic acids is 1. The molecule has 0 saturated heterocycles. The third-order valence-electron chi connectivity index (χ3n) is 2.96. The summed E-state index contributed by atoms with van der Waals surface area (Å²) in [5.41, 5.74) is 0.910. The van der Waals surface area contributed by atoms with E-state index in [-0.39, 0.29) is 12.0 Å². The maximum absolute atomic E-state index is 11.6. The average molecular weight is 235 g/mol. The van der Waals surface area contributed by atoms with Gasteiger partial charge < -0.3 is 14.8 Å². The molecule has 1 N–H and O–H groups in total. The first-order valence-electron chi connectivity index (χ1n) is 5.73. The van der Waals surface area contributed by atoms with Gasteiger partial charge in [-0.15, -0.1) is 0 Å². The van der Waals surface area contributed by atoms with Gasteiger partial charge in [0.25, 0.3) is 0 Å². The van der Waals surface area contributed by atoms with Crippen LogP contribution in [0.25, 0.3) is 0 Å². The number of benzene rings is 1. The van der Waals surface area contributed by atoms with E-state index in [9.17, 15) is 4.79 Å². The Balaban J connectivity index is 2.03. The molecule has 1 aromatic carbocycles. The Morgan fingerprint density at radius 2 is 1.94 bits per heavy atom. The lowest BCUT2D eigenvalue weighted by molar-refractivity contribution is -0.142. The molecule has 1 aliphatic carbocycles. The third kappa shape index (κ3) is 2.90. The van der Waals surface area contributed by atoms with Crippen LogP contribution in [0.5, 0.6) is 5.75 Å². The second kappa shape index (κ2) is 5.08. The Bertz CT molecular complexity index is 384. The molecule has 0 spiro atoms. The van der Waals surface area contributed by atoms with Crippen LogP contribution in [0.2, 0.25) is 0 Å². The second-order valence-corrected chi connectivity index (χ2v) is 4.21. The predicted molar refractivity (Wildman–Crippen MR) is 65.1 cm³/mol. The van der Waals surface area contributed by atoms with E-state index in [0.717, 1.165) is 24.3 Å². The molecule has 0 heterocycles. The van der Waals surface area contributed by atoms with Gasteiger partial charge >= 0.3 is 5.97 Å². The number of carbonyl (C=O) groups is 1. The van der Waals surface area contributed by atoms with Crippen molar-refractivity contribution in [3.8, 4) is 5.75 Å². The van der Waals surface area contributed by atoms with Crippen LogP contribution in [0.3, 0.4) is 0 Å². The van der Waals surface area contributed by atoms with Crippen molar-refractivity contribution in [2.75, 3.05) is 19.5 Å². The fourth-order valence-electron chi connectivity index (χ4n) is 1.79. The molecule has 1 saturated carbocycles. The molecule has 0 bridgehead atoms. The number of hydrogen-bond donors (Lipinski definition) is 1. The highest BCUT2D eigenvalue weighted by Crippen LogP contribution is 2.35. The van der Waals surface area contributed by atoms with Crippen LogP contribution in [0.4, 0.5) is 5.69 Å². The van der Waals surface area contributed by atoms with Crippen LogP contribution in [0.1, 0.15) is 12.8 Å². The molecule has 4 heteroatoms. The topological polar surface area (TPSA) is 47.6 Å². The van der Waals surface area contributed by atoms with Gasteiger partial charge in [-0.1, -0.05) is 0 Å². The first-order chi connectivity index (χ1) is 8.24. The summed E-state index contributed by atoms with van der Waals surface area (Å²) in [7, 11) is 3.05. The zero-order chi connectivity index (χ0) is 12.3. The van der Waals surface area contributed by atoms with Crippen LogP contribution >= 0.6 is 0 Å². The van der Waals surface area contributed by atoms with Crippen molar-refractivity contribution in [2.45, 2.75) is 18.9 Å². The van der Waals surface area contributed by atoms with Crippen molar-refractivity contribution >= 4 is 11.7 Å². The first kappa shape index (κ1) is 11.8. The fraction of sp³-hybridized carbons (Fsp3) is 0.462. The molecule has 1 fully saturated rings. The summed E-state index contributed by atoms with van der Waals surface area (Å²) < 4.78 is 9.89. The Morgan fingerprint density at radius 1 is 1.29 bits per heavy atom. The minimum atomic E-state index is -0.228. The third-order valence-corrected chi connectivity index (χ3v) is 2.96. The van der Waals surface area contributed by atoms with Crippen LogP contribution in [0, 0.1) is 5.92 Å². The van der Waals surface area contributed by atoms with E-state index in [1.807, 2.05) is 24.3 Å². The standard InChI is InChI=1S/C13H17NO3/c1-16-11-7-5-10(6-8-11)14-12(9-3-4-9)13(15)17-2/h5-9,12,14H,3-4H2,1-2H3. The van der Waals surface area contributed by atoms with E-state index in [4.69, 9.17) is 9.47 Å². The van der Waals surface area contributed by atoms with Crippen molar-refractivity contribution in [1.29, 1.82) is 0 Å². The van der Waals surface area contributed by atoms with Gasteiger partial charge in [0, 0.05) is 5.69 Å². The van der Waals surface area contributed by atoms with Gasteiger partial charge in [0.1, 0.15) is 11.8 Å². The van der Waals surface area contributed by atoms with Gasteiger partial charge in [-0.25, -0.2) is 4.79 Å². The molecule has 1 aliphatic rings. The zero-order valence-electron chi connectivity index (χ0n) is 10.1. The summed E-state index contributed by atoms with van der Waals surface area (Å²) in [4.78, 5) is 11.6. The maximum Gasteiger partial charge on any atom is 0.328 e. The van der Waals surface area contributed by atoms with Crippen LogP contribution in [-0.4, -0.2) is 26.2 Å². The normalized spacial score (nSPS) is 16.1. The largest absolute Gasteiger partial charge is 0.497 e. The molecule has 1 atom stereocenters. The van der Waals surface area contributed by atoms with E-state index in [1.54, 1.807) is 7.11 Å². The average Bonchev–Trinajstić information content (AvgIpc) is 3.20. The highest BCUT2D eigenvalue weighted by molar-refractivity contribution is 5.80. The summed E-state index contributed by atoms with van der Waals surface area (Å²) in [6, 6.07) is 7.30. The van der Waals surface area contributed by atoms with Gasteiger partial charge in [-0.2, -0.15) is 0 Å². The van der Waals surface area contributed by atoms with Crippen molar-refractivity contribution < 1.29 is 14.3 Å². The number of rotatable bonds is 5. The molecule has 17 heavy (non-hydrogen) atoms. The summed E-state index contributed by atoms with van der Waals surface area (Å²) in [6.07, 6.45) is 2.17. The lowest BCUT2D eigenvalue weighted by Gasteiger charge is -2.17. The highest BCUT2D eigenvalue weighted by atomic mass is 16.5. The summed E-state index contributed by atoms with van der Waals surface area (Å²) in [6.45, 7) is 0. The molecule has 0 amide bonds. The van der Waals surface area contributed by atoms with Crippen molar-refractivity contribution in [3.05, 3.63) is 24.3 Å².